The summed E-state index contributed by atoms with van der Waals surface area (Å²) in [6.45, 7) is 1.84. The lowest BCUT2D eigenvalue weighted by Gasteiger charge is -2.18. The Bertz CT molecular complexity index is 1280. The Labute approximate surface area is 195 Å². The SMILES string of the molecule is Cc1nnnn1C(Cc1ccc(F)cc1)C(=O)Nc1cccc(C(=O)OCc2ccccc2)c1. The van der Waals surface area contributed by atoms with Crippen molar-refractivity contribution in [3.63, 3.8) is 0 Å². The second kappa shape index (κ2) is 10.5. The zero-order valence-electron chi connectivity index (χ0n) is 18.4. The van der Waals surface area contributed by atoms with Crippen molar-refractivity contribution in [1.82, 2.24) is 20.2 Å². The van der Waals surface area contributed by atoms with Crippen molar-refractivity contribution in [2.24, 2.45) is 0 Å². The van der Waals surface area contributed by atoms with Crippen LogP contribution in [0, 0.1) is 12.7 Å². The van der Waals surface area contributed by atoms with E-state index in [-0.39, 0.29) is 24.8 Å². The molecule has 172 valence electrons. The minimum absolute atomic E-state index is 0.147. The van der Waals surface area contributed by atoms with Gasteiger partial charge in [-0.15, -0.1) is 5.10 Å². The number of halogens is 1. The number of carbonyl (C=O) groups is 2. The number of tetrazole rings is 1. The third-order valence-electron chi connectivity index (χ3n) is 5.18. The standard InChI is InChI=1S/C25H22FN5O3/c1-17-28-29-30-31(17)23(14-18-10-12-21(26)13-11-18)24(32)27-22-9-5-8-20(15-22)25(33)34-16-19-6-3-2-4-7-19/h2-13,15,23H,14,16H2,1H3,(H,27,32). The Morgan fingerprint density at radius 1 is 1.00 bits per heavy atom. The van der Waals surface area contributed by atoms with E-state index in [2.05, 4.69) is 20.8 Å². The molecule has 1 N–H and O–H groups in total. The van der Waals surface area contributed by atoms with Crippen LogP contribution < -0.4 is 5.32 Å². The van der Waals surface area contributed by atoms with Gasteiger partial charge >= 0.3 is 5.97 Å². The van der Waals surface area contributed by atoms with Crippen LogP contribution in [-0.4, -0.2) is 32.1 Å². The lowest BCUT2D eigenvalue weighted by Crippen LogP contribution is -2.29. The van der Waals surface area contributed by atoms with Gasteiger partial charge in [0.1, 0.15) is 24.3 Å². The number of rotatable bonds is 8. The molecule has 1 amide bonds. The summed E-state index contributed by atoms with van der Waals surface area (Å²) in [5.74, 6) is -0.784. The van der Waals surface area contributed by atoms with Gasteiger partial charge < -0.3 is 10.1 Å². The molecular weight excluding hydrogens is 437 g/mol. The molecule has 8 nitrogen and oxygen atoms in total. The molecule has 0 saturated carbocycles. The van der Waals surface area contributed by atoms with Gasteiger partial charge in [-0.25, -0.2) is 13.9 Å². The highest BCUT2D eigenvalue weighted by molar-refractivity contribution is 5.96. The van der Waals surface area contributed by atoms with Crippen molar-refractivity contribution in [3.05, 3.63) is 107 Å². The van der Waals surface area contributed by atoms with Crippen LogP contribution in [0.4, 0.5) is 10.1 Å². The number of anilines is 1. The normalized spacial score (nSPS) is 11.6. The van der Waals surface area contributed by atoms with Crippen molar-refractivity contribution in [2.75, 3.05) is 5.32 Å². The minimum Gasteiger partial charge on any atom is -0.457 e. The van der Waals surface area contributed by atoms with Gasteiger partial charge in [0.15, 0.2) is 0 Å². The topological polar surface area (TPSA) is 99.0 Å². The van der Waals surface area contributed by atoms with Crippen molar-refractivity contribution in [1.29, 1.82) is 0 Å². The third-order valence-corrected chi connectivity index (χ3v) is 5.18. The first-order valence-electron chi connectivity index (χ1n) is 10.6. The van der Waals surface area contributed by atoms with Gasteiger partial charge in [0.25, 0.3) is 0 Å². The number of nitrogens with one attached hydrogen (secondary N) is 1. The summed E-state index contributed by atoms with van der Waals surface area (Å²) < 4.78 is 20.1. The second-order valence-electron chi connectivity index (χ2n) is 7.65. The minimum atomic E-state index is -0.783. The lowest BCUT2D eigenvalue weighted by atomic mass is 10.0. The number of carbonyl (C=O) groups excluding carboxylic acids is 2. The largest absolute Gasteiger partial charge is 0.457 e. The monoisotopic (exact) mass is 459 g/mol. The van der Waals surface area contributed by atoms with Crippen LogP contribution in [0.1, 0.15) is 33.4 Å². The summed E-state index contributed by atoms with van der Waals surface area (Å²) in [4.78, 5) is 25.7. The van der Waals surface area contributed by atoms with Crippen molar-refractivity contribution in [2.45, 2.75) is 26.0 Å². The smallest absolute Gasteiger partial charge is 0.338 e. The van der Waals surface area contributed by atoms with E-state index in [1.54, 1.807) is 43.3 Å². The molecule has 0 aliphatic heterocycles. The average molecular weight is 459 g/mol. The number of ether oxygens (including phenoxy) is 1. The van der Waals surface area contributed by atoms with E-state index in [1.165, 1.54) is 16.8 Å². The van der Waals surface area contributed by atoms with Crippen LogP contribution >= 0.6 is 0 Å². The van der Waals surface area contributed by atoms with E-state index < -0.39 is 12.0 Å². The number of aromatic nitrogens is 4. The van der Waals surface area contributed by atoms with Gasteiger partial charge in [-0.05, 0) is 58.8 Å². The van der Waals surface area contributed by atoms with Crippen LogP contribution in [0.15, 0.2) is 78.9 Å². The summed E-state index contributed by atoms with van der Waals surface area (Å²) in [5.41, 5.74) is 2.35. The summed E-state index contributed by atoms with van der Waals surface area (Å²) >= 11 is 0. The molecule has 1 unspecified atom stereocenters. The quantitative estimate of drug-likeness (QED) is 0.401. The molecule has 0 fully saturated rings. The first kappa shape index (κ1) is 22.8. The molecule has 1 aromatic heterocycles. The molecule has 0 radical (unpaired) electrons. The van der Waals surface area contributed by atoms with E-state index in [0.717, 1.165) is 11.1 Å². The number of benzene rings is 3. The van der Waals surface area contributed by atoms with Crippen molar-refractivity contribution < 1.29 is 18.7 Å². The fourth-order valence-electron chi connectivity index (χ4n) is 3.42. The summed E-state index contributed by atoms with van der Waals surface area (Å²) in [5, 5.41) is 14.3. The summed E-state index contributed by atoms with van der Waals surface area (Å²) in [6, 6.07) is 21.0. The molecule has 0 saturated heterocycles. The number of amides is 1. The Kier molecular flexibility index (Phi) is 7.02. The Hall–Kier alpha value is -4.40. The molecule has 1 atom stereocenters. The molecule has 0 aliphatic carbocycles. The fourth-order valence-corrected chi connectivity index (χ4v) is 3.42. The van der Waals surface area contributed by atoms with E-state index in [4.69, 9.17) is 4.74 Å². The summed E-state index contributed by atoms with van der Waals surface area (Å²) in [6.07, 6.45) is 0.247. The van der Waals surface area contributed by atoms with Crippen molar-refractivity contribution in [3.8, 4) is 0 Å². The highest BCUT2D eigenvalue weighted by atomic mass is 19.1. The second-order valence-corrected chi connectivity index (χ2v) is 7.65. The number of hydrogen-bond acceptors (Lipinski definition) is 6. The predicted molar refractivity (Wildman–Crippen MR) is 122 cm³/mol. The average Bonchev–Trinajstić information content (AvgIpc) is 3.28. The molecule has 3 aromatic carbocycles. The maximum atomic E-state index is 13.3. The fraction of sp³-hybridized carbons (Fsp3) is 0.160. The highest BCUT2D eigenvalue weighted by Gasteiger charge is 2.25. The highest BCUT2D eigenvalue weighted by Crippen LogP contribution is 2.19. The van der Waals surface area contributed by atoms with E-state index >= 15 is 0 Å². The van der Waals surface area contributed by atoms with Gasteiger partial charge in [-0.3, -0.25) is 4.79 Å². The van der Waals surface area contributed by atoms with Gasteiger partial charge in [0.05, 0.1) is 5.56 Å². The van der Waals surface area contributed by atoms with Gasteiger partial charge in [-0.2, -0.15) is 0 Å². The van der Waals surface area contributed by atoms with E-state index in [0.29, 0.717) is 17.1 Å². The van der Waals surface area contributed by atoms with Crippen LogP contribution in [0.3, 0.4) is 0 Å². The number of hydrogen-bond donors (Lipinski definition) is 1. The molecule has 34 heavy (non-hydrogen) atoms. The maximum absolute atomic E-state index is 13.3. The molecule has 4 rings (SSSR count). The maximum Gasteiger partial charge on any atom is 0.338 e. The number of esters is 1. The van der Waals surface area contributed by atoms with Crippen LogP contribution in [0.25, 0.3) is 0 Å². The summed E-state index contributed by atoms with van der Waals surface area (Å²) in [7, 11) is 0. The van der Waals surface area contributed by atoms with Crippen LogP contribution in [-0.2, 0) is 22.6 Å². The molecule has 0 spiro atoms. The molecule has 0 aliphatic rings. The van der Waals surface area contributed by atoms with Crippen molar-refractivity contribution >= 4 is 17.6 Å². The zero-order valence-corrected chi connectivity index (χ0v) is 18.4. The van der Waals surface area contributed by atoms with Gasteiger partial charge in [0, 0.05) is 12.1 Å². The Morgan fingerprint density at radius 2 is 1.76 bits per heavy atom. The van der Waals surface area contributed by atoms with Gasteiger partial charge in [-0.1, -0.05) is 48.5 Å². The molecule has 1 heterocycles. The lowest BCUT2D eigenvalue weighted by molar-refractivity contribution is -0.119. The number of nitrogens with zero attached hydrogens (tertiary/aromatic N) is 4. The Balaban J connectivity index is 1.48. The first-order valence-corrected chi connectivity index (χ1v) is 10.6. The molecular formula is C25H22FN5O3. The van der Waals surface area contributed by atoms with E-state index in [1.807, 2.05) is 30.3 Å². The predicted octanol–water partition coefficient (Wildman–Crippen LogP) is 3.90. The zero-order chi connectivity index (χ0) is 23.9. The first-order chi connectivity index (χ1) is 16.5. The van der Waals surface area contributed by atoms with Crippen LogP contribution in [0.5, 0.6) is 0 Å². The molecule has 0 bridgehead atoms. The van der Waals surface area contributed by atoms with Crippen LogP contribution in [0.2, 0.25) is 0 Å². The Morgan fingerprint density at radius 3 is 2.47 bits per heavy atom. The third kappa shape index (κ3) is 5.69. The molecule has 9 heteroatoms. The number of aryl methyl sites for hydroxylation is 1. The van der Waals surface area contributed by atoms with E-state index in [9.17, 15) is 14.0 Å². The molecule has 4 aromatic rings. The van der Waals surface area contributed by atoms with Gasteiger partial charge in [0.2, 0.25) is 5.91 Å².